The summed E-state index contributed by atoms with van der Waals surface area (Å²) in [5.74, 6) is 0.720. The monoisotopic (exact) mass is 567 g/mol. The van der Waals surface area contributed by atoms with E-state index >= 15 is 0 Å². The fraction of sp³-hybridized carbons (Fsp3) is 0.276. The fourth-order valence-electron chi connectivity index (χ4n) is 3.78. The average molecular weight is 569 g/mol. The van der Waals surface area contributed by atoms with Crippen LogP contribution < -0.4 is 9.47 Å². The molecule has 0 aliphatic rings. The Morgan fingerprint density at radius 2 is 1.38 bits per heavy atom. The van der Waals surface area contributed by atoms with Crippen LogP contribution >= 0.6 is 23.2 Å². The molecule has 0 aliphatic carbocycles. The standard InChI is InChI=1S/C29H31Cl2N5O3/c1-35(2)12-13-38-24-10-8-21(9-11-24)18-36(3)17-20-4-6-22(7-5-20)19-39-29-32-16-27(33-34-29)23-14-25(30)28(37)26(31)15-23/h4-11,14-16,37H,12-13,17-19H2,1-3H3. The molecule has 1 N–H and O–H groups in total. The molecule has 0 bridgehead atoms. The molecular weight excluding hydrogens is 537 g/mol. The number of likely N-dealkylation sites (N-methyl/N-ethyl adjacent to an activating group) is 1. The lowest BCUT2D eigenvalue weighted by molar-refractivity contribution is 0.261. The van der Waals surface area contributed by atoms with E-state index in [1.807, 2.05) is 38.4 Å². The highest BCUT2D eigenvalue weighted by Gasteiger charge is 2.11. The predicted molar refractivity (Wildman–Crippen MR) is 153 cm³/mol. The molecule has 0 atom stereocenters. The van der Waals surface area contributed by atoms with Gasteiger partial charge in [-0.05, 0) is 62.1 Å². The van der Waals surface area contributed by atoms with E-state index in [-0.39, 0.29) is 21.8 Å². The van der Waals surface area contributed by atoms with Crippen molar-refractivity contribution in [3.8, 4) is 28.8 Å². The Kier molecular flexibility index (Phi) is 9.95. The number of phenols is 1. The van der Waals surface area contributed by atoms with E-state index in [2.05, 4.69) is 56.3 Å². The number of benzene rings is 3. The highest BCUT2D eigenvalue weighted by Crippen LogP contribution is 2.35. The van der Waals surface area contributed by atoms with Gasteiger partial charge in [-0.2, -0.15) is 0 Å². The Bertz CT molecular complexity index is 1330. The largest absolute Gasteiger partial charge is 0.505 e. The number of rotatable bonds is 12. The first kappa shape index (κ1) is 28.6. The van der Waals surface area contributed by atoms with Crippen LogP contribution in [0.15, 0.2) is 66.9 Å². The van der Waals surface area contributed by atoms with E-state index < -0.39 is 0 Å². The Morgan fingerprint density at radius 3 is 1.95 bits per heavy atom. The molecule has 8 nitrogen and oxygen atoms in total. The van der Waals surface area contributed by atoms with Gasteiger partial charge in [-0.3, -0.25) is 4.90 Å². The van der Waals surface area contributed by atoms with Crippen molar-refractivity contribution in [1.82, 2.24) is 25.0 Å². The molecule has 0 aliphatic heterocycles. The van der Waals surface area contributed by atoms with Crippen molar-refractivity contribution in [2.75, 3.05) is 34.3 Å². The van der Waals surface area contributed by atoms with Gasteiger partial charge in [0.2, 0.25) is 0 Å². The minimum absolute atomic E-state index is 0.129. The molecule has 10 heteroatoms. The Hall–Kier alpha value is -3.43. The third-order valence-electron chi connectivity index (χ3n) is 5.88. The molecule has 1 aromatic heterocycles. The second-order valence-electron chi connectivity index (χ2n) is 9.49. The van der Waals surface area contributed by atoms with Crippen LogP contribution in [0.4, 0.5) is 0 Å². The molecule has 3 aromatic carbocycles. The number of aromatic hydroxyl groups is 1. The van der Waals surface area contributed by atoms with E-state index in [4.69, 9.17) is 32.7 Å². The molecule has 0 radical (unpaired) electrons. The van der Waals surface area contributed by atoms with Gasteiger partial charge in [0.25, 0.3) is 0 Å². The summed E-state index contributed by atoms with van der Waals surface area (Å²) in [6.45, 7) is 3.54. The third-order valence-corrected chi connectivity index (χ3v) is 6.46. The Labute approximate surface area is 238 Å². The summed E-state index contributed by atoms with van der Waals surface area (Å²) in [6.07, 6.45) is 1.52. The molecule has 0 saturated carbocycles. The first-order valence-corrected chi connectivity index (χ1v) is 13.2. The molecular formula is C29H31Cl2N5O3. The van der Waals surface area contributed by atoms with Crippen molar-refractivity contribution < 1.29 is 14.6 Å². The van der Waals surface area contributed by atoms with Crippen LogP contribution in [0.25, 0.3) is 11.3 Å². The smallest absolute Gasteiger partial charge is 0.336 e. The topological polar surface area (TPSA) is 83.8 Å². The van der Waals surface area contributed by atoms with Crippen LogP contribution in [0.3, 0.4) is 0 Å². The molecule has 4 rings (SSSR count). The molecule has 204 valence electrons. The van der Waals surface area contributed by atoms with Gasteiger partial charge in [0.1, 0.15) is 24.7 Å². The maximum Gasteiger partial charge on any atom is 0.336 e. The lowest BCUT2D eigenvalue weighted by Gasteiger charge is -2.17. The zero-order valence-corrected chi connectivity index (χ0v) is 23.7. The van der Waals surface area contributed by atoms with Gasteiger partial charge in [0.15, 0.2) is 5.75 Å². The van der Waals surface area contributed by atoms with Crippen LogP contribution in [-0.2, 0) is 19.7 Å². The number of aromatic nitrogens is 3. The van der Waals surface area contributed by atoms with Crippen molar-refractivity contribution in [3.05, 3.63) is 93.6 Å². The van der Waals surface area contributed by atoms with Gasteiger partial charge >= 0.3 is 6.01 Å². The van der Waals surface area contributed by atoms with Crippen molar-refractivity contribution in [3.63, 3.8) is 0 Å². The summed E-state index contributed by atoms with van der Waals surface area (Å²) in [5.41, 5.74) is 4.49. The van der Waals surface area contributed by atoms with Crippen LogP contribution in [0.1, 0.15) is 16.7 Å². The fourth-order valence-corrected chi connectivity index (χ4v) is 4.27. The molecule has 1 heterocycles. The summed E-state index contributed by atoms with van der Waals surface area (Å²) in [4.78, 5) is 8.58. The van der Waals surface area contributed by atoms with E-state index in [1.165, 1.54) is 17.3 Å². The SMILES string of the molecule is CN(C)CCOc1ccc(CN(C)Cc2ccc(COc3ncc(-c4cc(Cl)c(O)c(Cl)c4)nn3)cc2)cc1. The molecule has 0 saturated heterocycles. The first-order chi connectivity index (χ1) is 18.8. The van der Waals surface area contributed by atoms with Crippen molar-refractivity contribution in [1.29, 1.82) is 0 Å². The second kappa shape index (κ2) is 13.6. The summed E-state index contributed by atoms with van der Waals surface area (Å²) in [6, 6.07) is 19.8. The van der Waals surface area contributed by atoms with Crippen LogP contribution in [-0.4, -0.2) is 64.4 Å². The van der Waals surface area contributed by atoms with Gasteiger partial charge in [-0.25, -0.2) is 4.98 Å². The van der Waals surface area contributed by atoms with E-state index in [9.17, 15) is 5.11 Å². The molecule has 0 fully saturated rings. The molecule has 0 amide bonds. The average Bonchev–Trinajstić information content (AvgIpc) is 2.92. The molecule has 0 spiro atoms. The first-order valence-electron chi connectivity index (χ1n) is 12.4. The molecule has 4 aromatic rings. The highest BCUT2D eigenvalue weighted by atomic mass is 35.5. The van der Waals surface area contributed by atoms with Gasteiger partial charge in [0, 0.05) is 25.2 Å². The van der Waals surface area contributed by atoms with E-state index in [0.29, 0.717) is 24.5 Å². The van der Waals surface area contributed by atoms with Crippen molar-refractivity contribution in [2.45, 2.75) is 19.7 Å². The number of halogens is 2. The van der Waals surface area contributed by atoms with Crippen molar-refractivity contribution in [2.24, 2.45) is 0 Å². The number of phenolic OH excluding ortho intramolecular Hbond substituents is 1. The third kappa shape index (κ3) is 8.53. The van der Waals surface area contributed by atoms with E-state index in [1.54, 1.807) is 12.1 Å². The zero-order chi connectivity index (χ0) is 27.8. The number of hydrogen-bond donors (Lipinski definition) is 1. The normalized spacial score (nSPS) is 11.3. The maximum absolute atomic E-state index is 9.72. The Morgan fingerprint density at radius 1 is 0.795 bits per heavy atom. The lowest BCUT2D eigenvalue weighted by atomic mass is 10.1. The molecule has 39 heavy (non-hydrogen) atoms. The second-order valence-corrected chi connectivity index (χ2v) is 10.3. The minimum Gasteiger partial charge on any atom is -0.505 e. The predicted octanol–water partition coefficient (Wildman–Crippen LogP) is 5.70. The van der Waals surface area contributed by atoms with Gasteiger partial charge < -0.3 is 19.5 Å². The van der Waals surface area contributed by atoms with Crippen LogP contribution in [0.5, 0.6) is 17.5 Å². The number of hydrogen-bond acceptors (Lipinski definition) is 8. The summed E-state index contributed by atoms with van der Waals surface area (Å²) < 4.78 is 11.5. The van der Waals surface area contributed by atoms with Gasteiger partial charge in [-0.15, -0.1) is 5.10 Å². The van der Waals surface area contributed by atoms with E-state index in [0.717, 1.165) is 30.9 Å². The van der Waals surface area contributed by atoms with Gasteiger partial charge in [-0.1, -0.05) is 64.7 Å². The van der Waals surface area contributed by atoms with Crippen LogP contribution in [0.2, 0.25) is 10.0 Å². The quantitative estimate of drug-likeness (QED) is 0.233. The zero-order valence-electron chi connectivity index (χ0n) is 22.1. The maximum atomic E-state index is 9.72. The summed E-state index contributed by atoms with van der Waals surface area (Å²) in [5, 5.41) is 18.1. The van der Waals surface area contributed by atoms with Crippen molar-refractivity contribution >= 4 is 23.2 Å². The minimum atomic E-state index is -0.174. The van der Waals surface area contributed by atoms with Crippen LogP contribution in [0, 0.1) is 0 Å². The number of nitrogens with zero attached hydrogens (tertiary/aromatic N) is 5. The summed E-state index contributed by atoms with van der Waals surface area (Å²) in [7, 11) is 6.17. The molecule has 0 unspecified atom stereocenters. The van der Waals surface area contributed by atoms with Gasteiger partial charge in [0.05, 0.1) is 16.2 Å². The highest BCUT2D eigenvalue weighted by molar-refractivity contribution is 6.37. The summed E-state index contributed by atoms with van der Waals surface area (Å²) >= 11 is 12.0. The Balaban J connectivity index is 1.24. The lowest BCUT2D eigenvalue weighted by Crippen LogP contribution is -2.19. The number of ether oxygens (including phenoxy) is 2.